The van der Waals surface area contributed by atoms with Crippen LogP contribution in [0.5, 0.6) is 0 Å². The lowest BCUT2D eigenvalue weighted by Gasteiger charge is -2.19. The van der Waals surface area contributed by atoms with Gasteiger partial charge in [-0.25, -0.2) is 4.79 Å². The van der Waals surface area contributed by atoms with Gasteiger partial charge in [0.25, 0.3) is 0 Å². The average molecular weight is 364 g/mol. The predicted octanol–water partition coefficient (Wildman–Crippen LogP) is 3.83. The number of rotatable bonds is 10. The zero-order valence-electron chi connectivity index (χ0n) is 16.4. The smallest absolute Gasteiger partial charge is 0.407 e. The molecule has 0 aliphatic rings. The van der Waals surface area contributed by atoms with Gasteiger partial charge in [-0.3, -0.25) is 0 Å². The number of nitrogens with two attached hydrogens (primary N) is 1. The summed E-state index contributed by atoms with van der Waals surface area (Å²) in [5.74, 6) is 1.10. The first-order valence-corrected chi connectivity index (χ1v) is 9.06. The van der Waals surface area contributed by atoms with Crippen molar-refractivity contribution in [2.24, 2.45) is 5.73 Å². The van der Waals surface area contributed by atoms with Gasteiger partial charge in [-0.2, -0.15) is 4.98 Å². The van der Waals surface area contributed by atoms with Crippen LogP contribution in [0, 0.1) is 0 Å². The molecule has 1 atom stereocenters. The fourth-order valence-electron chi connectivity index (χ4n) is 2.23. The monoisotopic (exact) mass is 364 g/mol. The van der Waals surface area contributed by atoms with Crippen LogP contribution in [0.3, 0.4) is 0 Å². The van der Waals surface area contributed by atoms with E-state index in [9.17, 15) is 4.79 Å². The fourth-order valence-corrected chi connectivity index (χ4v) is 2.23. The van der Waals surface area contributed by atoms with Crippen molar-refractivity contribution < 1.29 is 14.1 Å². The lowest BCUT2D eigenvalue weighted by atomic mass is 10.1. The second kappa shape index (κ2) is 10.8. The molecule has 7 nitrogen and oxygen atoms in total. The van der Waals surface area contributed by atoms with Gasteiger partial charge in [0, 0.05) is 13.0 Å². The van der Waals surface area contributed by atoms with E-state index in [4.69, 9.17) is 15.0 Å². The van der Waals surface area contributed by atoms with Gasteiger partial charge >= 0.3 is 6.09 Å². The lowest BCUT2D eigenvalue weighted by molar-refractivity contribution is 0.0527. The van der Waals surface area contributed by atoms with Crippen molar-refractivity contribution in [3.63, 3.8) is 0 Å². The number of nitrogens with zero attached hydrogens (tertiary/aromatic N) is 2. The summed E-state index contributed by atoms with van der Waals surface area (Å²) >= 11 is 0. The molecule has 0 radical (unpaired) electrons. The standard InChI is InChI=1S/C19H32N4O3/c1-6-9-14(2)11-12-16-22-17(26-23-16)15(20)10-7-8-13-21-18(24)25-19(3,4)5/h6,9,15H,2,7-8,10-13,20H2,1,3-5H3,(H,21,24)/b9-6-. The van der Waals surface area contributed by atoms with E-state index in [-0.39, 0.29) is 6.04 Å². The third-order valence-corrected chi connectivity index (χ3v) is 3.48. The van der Waals surface area contributed by atoms with Crippen LogP contribution in [-0.4, -0.2) is 28.4 Å². The van der Waals surface area contributed by atoms with Gasteiger partial charge in [-0.1, -0.05) is 29.5 Å². The van der Waals surface area contributed by atoms with Crippen molar-refractivity contribution in [2.75, 3.05) is 6.54 Å². The van der Waals surface area contributed by atoms with Gasteiger partial charge in [0.2, 0.25) is 5.89 Å². The summed E-state index contributed by atoms with van der Waals surface area (Å²) in [6.07, 6.45) is 7.35. The minimum atomic E-state index is -0.485. The van der Waals surface area contributed by atoms with Gasteiger partial charge in [-0.05, 0) is 53.4 Å². The Hall–Kier alpha value is -2.15. The van der Waals surface area contributed by atoms with Gasteiger partial charge < -0.3 is 20.3 Å². The molecule has 26 heavy (non-hydrogen) atoms. The zero-order valence-corrected chi connectivity index (χ0v) is 16.4. The number of allylic oxidation sites excluding steroid dienone is 3. The Morgan fingerprint density at radius 3 is 2.81 bits per heavy atom. The van der Waals surface area contributed by atoms with E-state index < -0.39 is 11.7 Å². The molecule has 0 aromatic carbocycles. The van der Waals surface area contributed by atoms with Crippen LogP contribution >= 0.6 is 0 Å². The molecular formula is C19H32N4O3. The van der Waals surface area contributed by atoms with Crippen LogP contribution in [0.15, 0.2) is 28.8 Å². The average Bonchev–Trinajstić information content (AvgIpc) is 3.00. The summed E-state index contributed by atoms with van der Waals surface area (Å²) in [4.78, 5) is 15.9. The van der Waals surface area contributed by atoms with Crippen molar-refractivity contribution >= 4 is 6.09 Å². The number of amides is 1. The number of aryl methyl sites for hydroxylation is 1. The maximum atomic E-state index is 11.5. The highest BCUT2D eigenvalue weighted by atomic mass is 16.6. The Kier molecular flexibility index (Phi) is 9.05. The first kappa shape index (κ1) is 21.9. The normalized spacial score (nSPS) is 13.0. The number of unbranched alkanes of at least 4 members (excludes halogenated alkanes) is 1. The molecule has 1 aromatic rings. The van der Waals surface area contributed by atoms with Crippen molar-refractivity contribution in [3.8, 4) is 0 Å². The number of nitrogens with one attached hydrogen (secondary N) is 1. The second-order valence-electron chi connectivity index (χ2n) is 7.24. The van der Waals surface area contributed by atoms with E-state index in [1.807, 2.05) is 39.8 Å². The summed E-state index contributed by atoms with van der Waals surface area (Å²) in [6.45, 7) is 12.0. The van der Waals surface area contributed by atoms with Crippen molar-refractivity contribution in [3.05, 3.63) is 36.0 Å². The number of ether oxygens (including phenoxy) is 1. The van der Waals surface area contributed by atoms with Crippen LogP contribution in [0.25, 0.3) is 0 Å². The Bertz CT molecular complexity index is 602. The van der Waals surface area contributed by atoms with Crippen LogP contribution < -0.4 is 11.1 Å². The largest absolute Gasteiger partial charge is 0.444 e. The number of hydrogen-bond donors (Lipinski definition) is 2. The molecule has 1 heterocycles. The number of hydrogen-bond acceptors (Lipinski definition) is 6. The quantitative estimate of drug-likeness (QED) is 0.483. The highest BCUT2D eigenvalue weighted by molar-refractivity contribution is 5.67. The molecule has 7 heteroatoms. The Labute approximate surface area is 156 Å². The topological polar surface area (TPSA) is 103 Å². The maximum Gasteiger partial charge on any atom is 0.407 e. The lowest BCUT2D eigenvalue weighted by Crippen LogP contribution is -2.33. The van der Waals surface area contributed by atoms with E-state index in [1.165, 1.54) is 0 Å². The van der Waals surface area contributed by atoms with Crippen molar-refractivity contribution in [2.45, 2.75) is 71.4 Å². The first-order chi connectivity index (χ1) is 12.2. The highest BCUT2D eigenvalue weighted by Gasteiger charge is 2.16. The third-order valence-electron chi connectivity index (χ3n) is 3.48. The molecule has 3 N–H and O–H groups in total. The van der Waals surface area contributed by atoms with Gasteiger partial charge in [0.05, 0.1) is 6.04 Å². The molecule has 1 amide bonds. The molecule has 0 aliphatic heterocycles. The number of carbonyl (C=O) groups is 1. The van der Waals surface area contributed by atoms with Crippen LogP contribution in [-0.2, 0) is 11.2 Å². The Morgan fingerprint density at radius 1 is 1.42 bits per heavy atom. The van der Waals surface area contributed by atoms with E-state index in [0.29, 0.717) is 31.1 Å². The number of alkyl carbamates (subject to hydrolysis) is 1. The summed E-state index contributed by atoms with van der Waals surface area (Å²) in [6, 6.07) is -0.295. The molecule has 0 fully saturated rings. The summed E-state index contributed by atoms with van der Waals surface area (Å²) in [5.41, 5.74) is 6.64. The summed E-state index contributed by atoms with van der Waals surface area (Å²) in [5, 5.41) is 6.69. The van der Waals surface area contributed by atoms with Crippen LogP contribution in [0.1, 0.15) is 71.1 Å². The van der Waals surface area contributed by atoms with Crippen LogP contribution in [0.4, 0.5) is 4.79 Å². The second-order valence-corrected chi connectivity index (χ2v) is 7.24. The first-order valence-electron chi connectivity index (χ1n) is 9.06. The third kappa shape index (κ3) is 9.36. The SMILES string of the molecule is C=C(/C=C\C)CCc1noc(C(N)CCCCNC(=O)OC(C)(C)C)n1. The molecular weight excluding hydrogens is 332 g/mol. The highest BCUT2D eigenvalue weighted by Crippen LogP contribution is 2.16. The zero-order chi connectivity index (χ0) is 19.6. The Balaban J connectivity index is 2.24. The molecule has 0 saturated heterocycles. The Morgan fingerprint density at radius 2 is 2.15 bits per heavy atom. The van der Waals surface area contributed by atoms with Crippen LogP contribution in [0.2, 0.25) is 0 Å². The predicted molar refractivity (Wildman–Crippen MR) is 102 cm³/mol. The van der Waals surface area contributed by atoms with E-state index in [1.54, 1.807) is 0 Å². The molecule has 0 aliphatic carbocycles. The van der Waals surface area contributed by atoms with Gasteiger partial charge in [0.15, 0.2) is 5.82 Å². The molecule has 1 rings (SSSR count). The molecule has 1 aromatic heterocycles. The summed E-state index contributed by atoms with van der Waals surface area (Å²) < 4.78 is 10.4. The van der Waals surface area contributed by atoms with Gasteiger partial charge in [0.1, 0.15) is 5.60 Å². The fraction of sp³-hybridized carbons (Fsp3) is 0.632. The molecule has 0 saturated carbocycles. The minimum Gasteiger partial charge on any atom is -0.444 e. The minimum absolute atomic E-state index is 0.295. The molecule has 146 valence electrons. The van der Waals surface area contributed by atoms with Gasteiger partial charge in [-0.15, -0.1) is 0 Å². The molecule has 0 bridgehead atoms. The number of aromatic nitrogens is 2. The van der Waals surface area contributed by atoms with Crippen molar-refractivity contribution in [1.29, 1.82) is 0 Å². The molecule has 0 spiro atoms. The maximum absolute atomic E-state index is 11.5. The number of carbonyl (C=O) groups excluding carboxylic acids is 1. The van der Waals surface area contributed by atoms with E-state index >= 15 is 0 Å². The summed E-state index contributed by atoms with van der Waals surface area (Å²) in [7, 11) is 0. The van der Waals surface area contributed by atoms with Crippen molar-refractivity contribution in [1.82, 2.24) is 15.5 Å². The van der Waals surface area contributed by atoms with E-state index in [2.05, 4.69) is 22.0 Å². The van der Waals surface area contributed by atoms with E-state index in [0.717, 1.165) is 24.8 Å². The molecule has 1 unspecified atom stereocenters.